The molecule has 0 aliphatic rings. The SMILES string of the molecule is CC(C)C(C)S(=O)CC(=O)C(C)(C)C. The number of carbonyl (C=O) groups excluding carboxylic acids is 1. The topological polar surface area (TPSA) is 34.1 Å². The molecule has 0 aliphatic carbocycles. The van der Waals surface area contributed by atoms with Crippen LogP contribution < -0.4 is 0 Å². The van der Waals surface area contributed by atoms with E-state index in [2.05, 4.69) is 0 Å². The predicted molar refractivity (Wildman–Crippen MR) is 61.8 cm³/mol. The van der Waals surface area contributed by atoms with Crippen molar-refractivity contribution in [2.24, 2.45) is 11.3 Å². The third-order valence-electron chi connectivity index (χ3n) is 2.46. The molecule has 2 atom stereocenters. The Bertz CT molecular complexity index is 226. The highest BCUT2D eigenvalue weighted by atomic mass is 32.2. The summed E-state index contributed by atoms with van der Waals surface area (Å²) in [6, 6.07) is 0. The molecule has 2 unspecified atom stereocenters. The molecule has 0 rings (SSSR count). The molecule has 0 aromatic heterocycles. The Morgan fingerprint density at radius 2 is 1.64 bits per heavy atom. The van der Waals surface area contributed by atoms with Gasteiger partial charge in [0.15, 0.2) is 5.78 Å². The van der Waals surface area contributed by atoms with Gasteiger partial charge in [-0.05, 0) is 5.92 Å². The molecule has 84 valence electrons. The predicted octanol–water partition coefficient (Wildman–Crippen LogP) is 2.39. The van der Waals surface area contributed by atoms with Crippen LogP contribution in [0.25, 0.3) is 0 Å². The van der Waals surface area contributed by atoms with E-state index < -0.39 is 10.8 Å². The molecule has 0 radical (unpaired) electrons. The fourth-order valence-corrected chi connectivity index (χ4v) is 2.34. The second kappa shape index (κ2) is 5.06. The van der Waals surface area contributed by atoms with Gasteiger partial charge in [-0.3, -0.25) is 9.00 Å². The number of hydrogen-bond acceptors (Lipinski definition) is 2. The first-order chi connectivity index (χ1) is 6.16. The second-order valence-electron chi connectivity index (χ2n) is 5.15. The van der Waals surface area contributed by atoms with Crippen molar-refractivity contribution >= 4 is 16.6 Å². The van der Waals surface area contributed by atoms with Crippen molar-refractivity contribution in [3.8, 4) is 0 Å². The molecule has 3 heteroatoms. The zero-order chi connectivity index (χ0) is 11.5. The lowest BCUT2D eigenvalue weighted by molar-refractivity contribution is -0.123. The fourth-order valence-electron chi connectivity index (χ4n) is 0.781. The summed E-state index contributed by atoms with van der Waals surface area (Å²) < 4.78 is 11.7. The van der Waals surface area contributed by atoms with Gasteiger partial charge in [0.2, 0.25) is 0 Å². The van der Waals surface area contributed by atoms with Gasteiger partial charge in [-0.2, -0.15) is 0 Å². The highest BCUT2D eigenvalue weighted by Gasteiger charge is 2.25. The molecule has 2 nitrogen and oxygen atoms in total. The molecule has 0 aromatic carbocycles. The smallest absolute Gasteiger partial charge is 0.150 e. The van der Waals surface area contributed by atoms with E-state index in [0.717, 1.165) is 0 Å². The summed E-state index contributed by atoms with van der Waals surface area (Å²) in [6.07, 6.45) is 0. The van der Waals surface area contributed by atoms with E-state index >= 15 is 0 Å². The molecule has 14 heavy (non-hydrogen) atoms. The molecule has 0 saturated heterocycles. The molecule has 0 amide bonds. The molecular formula is C11H22O2S. The van der Waals surface area contributed by atoms with Crippen LogP contribution in [0.2, 0.25) is 0 Å². The summed E-state index contributed by atoms with van der Waals surface area (Å²) in [5, 5.41) is 0.0984. The lowest BCUT2D eigenvalue weighted by Gasteiger charge is -2.19. The van der Waals surface area contributed by atoms with Crippen LogP contribution in [0.1, 0.15) is 41.5 Å². The normalized spacial score (nSPS) is 16.8. The first-order valence-corrected chi connectivity index (χ1v) is 6.45. The van der Waals surface area contributed by atoms with E-state index in [1.807, 2.05) is 41.5 Å². The molecule has 0 fully saturated rings. The first-order valence-electron chi connectivity index (χ1n) is 5.06. The summed E-state index contributed by atoms with van der Waals surface area (Å²) >= 11 is 0. The summed E-state index contributed by atoms with van der Waals surface area (Å²) in [4.78, 5) is 11.6. The summed E-state index contributed by atoms with van der Waals surface area (Å²) in [6.45, 7) is 11.6. The Balaban J connectivity index is 4.28. The van der Waals surface area contributed by atoms with Gasteiger partial charge in [0.1, 0.15) is 0 Å². The Hall–Kier alpha value is -0.180. The molecule has 0 spiro atoms. The van der Waals surface area contributed by atoms with Crippen LogP contribution in [-0.2, 0) is 15.6 Å². The number of hydrogen-bond donors (Lipinski definition) is 0. The van der Waals surface area contributed by atoms with Crippen LogP contribution in [0.4, 0.5) is 0 Å². The molecule has 0 aliphatic heterocycles. The molecule has 0 aromatic rings. The van der Waals surface area contributed by atoms with E-state index in [-0.39, 0.29) is 22.2 Å². The Morgan fingerprint density at radius 3 is 1.93 bits per heavy atom. The Labute approximate surface area is 89.9 Å². The number of ketones is 1. The van der Waals surface area contributed by atoms with Gasteiger partial charge in [-0.25, -0.2) is 0 Å². The maximum Gasteiger partial charge on any atom is 0.150 e. The summed E-state index contributed by atoms with van der Waals surface area (Å²) in [5.41, 5.74) is -0.369. The molecule has 0 heterocycles. The molecule has 0 N–H and O–H groups in total. The van der Waals surface area contributed by atoms with Crippen LogP contribution in [0.3, 0.4) is 0 Å². The second-order valence-corrected chi connectivity index (χ2v) is 6.94. The molecular weight excluding hydrogens is 196 g/mol. The van der Waals surface area contributed by atoms with Gasteiger partial charge >= 0.3 is 0 Å². The third kappa shape index (κ3) is 4.36. The highest BCUT2D eigenvalue weighted by molar-refractivity contribution is 7.86. The van der Waals surface area contributed by atoms with Crippen molar-refractivity contribution in [1.82, 2.24) is 0 Å². The van der Waals surface area contributed by atoms with Gasteiger partial charge < -0.3 is 0 Å². The lowest BCUT2D eigenvalue weighted by atomic mass is 9.92. The van der Waals surface area contributed by atoms with E-state index in [1.54, 1.807) is 0 Å². The lowest BCUT2D eigenvalue weighted by Crippen LogP contribution is -2.30. The van der Waals surface area contributed by atoms with E-state index in [1.165, 1.54) is 0 Å². The van der Waals surface area contributed by atoms with Crippen molar-refractivity contribution in [3.63, 3.8) is 0 Å². The van der Waals surface area contributed by atoms with Crippen LogP contribution in [-0.4, -0.2) is 21.0 Å². The highest BCUT2D eigenvalue weighted by Crippen LogP contribution is 2.17. The maximum atomic E-state index is 11.7. The Morgan fingerprint density at radius 1 is 1.21 bits per heavy atom. The average molecular weight is 218 g/mol. The fraction of sp³-hybridized carbons (Fsp3) is 0.909. The molecule has 0 saturated carbocycles. The van der Waals surface area contributed by atoms with Crippen LogP contribution in [0.5, 0.6) is 0 Å². The summed E-state index contributed by atoms with van der Waals surface area (Å²) in [7, 11) is -1.02. The van der Waals surface area contributed by atoms with E-state index in [4.69, 9.17) is 0 Å². The minimum atomic E-state index is -1.02. The van der Waals surface area contributed by atoms with Gasteiger partial charge in [-0.15, -0.1) is 0 Å². The van der Waals surface area contributed by atoms with Crippen molar-refractivity contribution in [2.45, 2.75) is 46.8 Å². The first kappa shape index (κ1) is 13.8. The van der Waals surface area contributed by atoms with Crippen LogP contribution >= 0.6 is 0 Å². The number of carbonyl (C=O) groups is 1. The Kier molecular flexibility index (Phi) is 4.99. The standard InChI is InChI=1S/C11H22O2S/c1-8(2)9(3)14(13)7-10(12)11(4,5)6/h8-9H,7H2,1-6H3. The van der Waals surface area contributed by atoms with Crippen LogP contribution in [0.15, 0.2) is 0 Å². The summed E-state index contributed by atoms with van der Waals surface area (Å²) in [5.74, 6) is 0.648. The van der Waals surface area contributed by atoms with Crippen molar-refractivity contribution in [3.05, 3.63) is 0 Å². The number of Topliss-reactive ketones (excluding diaryl/α,β-unsaturated/α-hetero) is 1. The monoisotopic (exact) mass is 218 g/mol. The van der Waals surface area contributed by atoms with Gasteiger partial charge in [0.05, 0.1) is 5.75 Å². The zero-order valence-electron chi connectivity index (χ0n) is 10.1. The molecule has 0 bridgehead atoms. The van der Waals surface area contributed by atoms with Crippen molar-refractivity contribution in [2.75, 3.05) is 5.75 Å². The van der Waals surface area contributed by atoms with Crippen molar-refractivity contribution < 1.29 is 9.00 Å². The quantitative estimate of drug-likeness (QED) is 0.726. The third-order valence-corrected chi connectivity index (χ3v) is 4.38. The minimum Gasteiger partial charge on any atom is -0.298 e. The van der Waals surface area contributed by atoms with Gasteiger partial charge in [0.25, 0.3) is 0 Å². The average Bonchev–Trinajstić information content (AvgIpc) is 2.00. The van der Waals surface area contributed by atoms with Gasteiger partial charge in [0, 0.05) is 21.5 Å². The van der Waals surface area contributed by atoms with Crippen molar-refractivity contribution in [1.29, 1.82) is 0 Å². The zero-order valence-corrected chi connectivity index (χ0v) is 10.9. The number of rotatable bonds is 4. The maximum absolute atomic E-state index is 11.7. The minimum absolute atomic E-state index is 0.0864. The van der Waals surface area contributed by atoms with Gasteiger partial charge in [-0.1, -0.05) is 41.5 Å². The largest absolute Gasteiger partial charge is 0.298 e. The van der Waals surface area contributed by atoms with E-state index in [9.17, 15) is 9.00 Å². The van der Waals surface area contributed by atoms with E-state index in [0.29, 0.717) is 5.92 Å². The van der Waals surface area contributed by atoms with Crippen LogP contribution in [0, 0.1) is 11.3 Å².